The summed E-state index contributed by atoms with van der Waals surface area (Å²) >= 11 is 0. The van der Waals surface area contributed by atoms with Gasteiger partial charge in [0.15, 0.2) is 0 Å². The molecule has 0 spiro atoms. The van der Waals surface area contributed by atoms with E-state index in [1.807, 2.05) is 31.2 Å². The lowest BCUT2D eigenvalue weighted by Crippen LogP contribution is -1.99. The molecule has 3 aromatic rings. The van der Waals surface area contributed by atoms with Gasteiger partial charge in [0.05, 0.1) is 18.5 Å². The second kappa shape index (κ2) is 6.53. The van der Waals surface area contributed by atoms with Crippen LogP contribution in [0.2, 0.25) is 0 Å². The first-order valence-corrected chi connectivity index (χ1v) is 7.61. The summed E-state index contributed by atoms with van der Waals surface area (Å²) in [4.78, 5) is 0. The lowest BCUT2D eigenvalue weighted by atomic mass is 10.0. The first-order chi connectivity index (χ1) is 11.2. The van der Waals surface area contributed by atoms with Crippen LogP contribution < -0.4 is 10.2 Å². The maximum Gasteiger partial charge on any atom is 0.119 e. The van der Waals surface area contributed by atoms with Crippen LogP contribution in [0, 0.1) is 6.92 Å². The third-order valence-corrected chi connectivity index (χ3v) is 3.84. The van der Waals surface area contributed by atoms with Crippen molar-refractivity contribution in [3.8, 4) is 5.75 Å². The van der Waals surface area contributed by atoms with Gasteiger partial charge in [-0.2, -0.15) is 5.10 Å². The fraction of sp³-hybridized carbons (Fsp3) is 0.150. The van der Waals surface area contributed by atoms with Gasteiger partial charge in [0.1, 0.15) is 5.75 Å². The third kappa shape index (κ3) is 3.51. The molecule has 0 aliphatic heterocycles. The second-order valence-electron chi connectivity index (χ2n) is 5.61. The molecule has 0 saturated carbocycles. The number of methoxy groups -OCH3 is 1. The molecule has 0 aliphatic carbocycles. The molecule has 0 unspecified atom stereocenters. The first-order valence-electron chi connectivity index (χ1n) is 7.61. The fourth-order valence-corrected chi connectivity index (χ4v) is 2.50. The lowest BCUT2D eigenvalue weighted by molar-refractivity contribution is 0.415. The minimum atomic E-state index is 0.872. The van der Waals surface area contributed by atoms with Gasteiger partial charge in [0.25, 0.3) is 0 Å². The van der Waals surface area contributed by atoms with Gasteiger partial charge in [0, 0.05) is 0 Å². The zero-order valence-electron chi connectivity index (χ0n) is 13.6. The number of nitrogens with zero attached hydrogens (tertiary/aromatic N) is 1. The molecule has 3 heteroatoms. The summed E-state index contributed by atoms with van der Waals surface area (Å²) in [6.45, 7) is 4.08. The molecule has 1 N–H and O–H groups in total. The summed E-state index contributed by atoms with van der Waals surface area (Å²) in [7, 11) is 1.68. The van der Waals surface area contributed by atoms with Crippen LogP contribution >= 0.6 is 0 Å². The molecule has 3 nitrogen and oxygen atoms in total. The molecular weight excluding hydrogens is 284 g/mol. The molecule has 3 rings (SSSR count). The number of fused-ring (bicyclic) bond motifs is 1. The van der Waals surface area contributed by atoms with E-state index in [1.165, 1.54) is 10.9 Å². The van der Waals surface area contributed by atoms with Crippen LogP contribution in [-0.2, 0) is 0 Å². The van der Waals surface area contributed by atoms with Crippen LogP contribution in [0.4, 0.5) is 5.69 Å². The van der Waals surface area contributed by atoms with Gasteiger partial charge >= 0.3 is 0 Å². The molecule has 116 valence electrons. The Morgan fingerprint density at radius 2 is 1.74 bits per heavy atom. The normalized spacial score (nSPS) is 11.5. The molecule has 0 aliphatic rings. The van der Waals surface area contributed by atoms with E-state index < -0.39 is 0 Å². The maximum absolute atomic E-state index is 5.26. The first kappa shape index (κ1) is 15.1. The molecule has 3 aromatic carbocycles. The Morgan fingerprint density at radius 1 is 0.957 bits per heavy atom. The molecule has 0 fully saturated rings. The summed E-state index contributed by atoms with van der Waals surface area (Å²) in [5.41, 5.74) is 7.37. The number of nitrogens with one attached hydrogen (secondary N) is 1. The molecular formula is C20H20N2O. The molecule has 0 heterocycles. The average molecular weight is 304 g/mol. The van der Waals surface area contributed by atoms with E-state index in [2.05, 4.69) is 53.8 Å². The van der Waals surface area contributed by atoms with E-state index in [9.17, 15) is 0 Å². The third-order valence-electron chi connectivity index (χ3n) is 3.84. The molecule has 0 atom stereocenters. The number of anilines is 1. The highest BCUT2D eigenvalue weighted by Crippen LogP contribution is 2.22. The standard InChI is InChI=1S/C20H20N2O/c1-14-5-4-6-19(11-14)22-21-15(2)16-7-8-18-13-20(23-3)10-9-17(18)12-16/h4-13,22H,1-3H3/b21-15+. The predicted octanol–water partition coefficient (Wildman–Crippen LogP) is 4.99. The minimum Gasteiger partial charge on any atom is -0.497 e. The number of aryl methyl sites for hydroxylation is 1. The van der Waals surface area contributed by atoms with Crippen molar-refractivity contribution in [3.63, 3.8) is 0 Å². The molecule has 0 amide bonds. The van der Waals surface area contributed by atoms with Crippen LogP contribution in [0.15, 0.2) is 65.8 Å². The zero-order chi connectivity index (χ0) is 16.2. The quantitative estimate of drug-likeness (QED) is 0.544. The van der Waals surface area contributed by atoms with Gasteiger partial charge in [0.2, 0.25) is 0 Å². The average Bonchev–Trinajstić information content (AvgIpc) is 2.58. The van der Waals surface area contributed by atoms with Crippen LogP contribution in [0.5, 0.6) is 5.75 Å². The van der Waals surface area contributed by atoms with E-state index >= 15 is 0 Å². The number of hydrogen-bond acceptors (Lipinski definition) is 3. The Labute approximate surface area is 136 Å². The number of rotatable bonds is 4. The monoisotopic (exact) mass is 304 g/mol. The van der Waals surface area contributed by atoms with E-state index in [0.29, 0.717) is 0 Å². The Bertz CT molecular complexity index is 868. The van der Waals surface area contributed by atoms with E-state index in [1.54, 1.807) is 7.11 Å². The van der Waals surface area contributed by atoms with Crippen molar-refractivity contribution in [1.29, 1.82) is 0 Å². The topological polar surface area (TPSA) is 33.6 Å². The van der Waals surface area contributed by atoms with E-state index in [4.69, 9.17) is 4.74 Å². The minimum absolute atomic E-state index is 0.872. The van der Waals surface area contributed by atoms with E-state index in [-0.39, 0.29) is 0 Å². The van der Waals surface area contributed by atoms with Crippen LogP contribution in [0.1, 0.15) is 18.1 Å². The summed E-state index contributed by atoms with van der Waals surface area (Å²) in [5.74, 6) is 0.872. The second-order valence-corrected chi connectivity index (χ2v) is 5.61. The molecule has 0 radical (unpaired) electrons. The maximum atomic E-state index is 5.26. The molecule has 0 aromatic heterocycles. The van der Waals surface area contributed by atoms with Crippen molar-refractivity contribution < 1.29 is 4.74 Å². The number of hydrogen-bond donors (Lipinski definition) is 1. The molecule has 0 bridgehead atoms. The Hall–Kier alpha value is -2.81. The lowest BCUT2D eigenvalue weighted by Gasteiger charge is -2.07. The molecule has 0 saturated heterocycles. The largest absolute Gasteiger partial charge is 0.497 e. The van der Waals surface area contributed by atoms with E-state index in [0.717, 1.165) is 28.1 Å². The summed E-state index contributed by atoms with van der Waals surface area (Å²) < 4.78 is 5.26. The summed E-state index contributed by atoms with van der Waals surface area (Å²) in [6.07, 6.45) is 0. The van der Waals surface area contributed by atoms with Gasteiger partial charge in [-0.05, 0) is 66.1 Å². The summed E-state index contributed by atoms with van der Waals surface area (Å²) in [6, 6.07) is 20.6. The highest BCUT2D eigenvalue weighted by molar-refractivity contribution is 6.02. The number of hydrazone groups is 1. The summed E-state index contributed by atoms with van der Waals surface area (Å²) in [5, 5.41) is 6.82. The Kier molecular flexibility index (Phi) is 4.29. The van der Waals surface area contributed by atoms with Crippen LogP contribution in [0.25, 0.3) is 10.8 Å². The van der Waals surface area contributed by atoms with Crippen molar-refractivity contribution in [2.24, 2.45) is 5.10 Å². The SMILES string of the molecule is COc1ccc2cc(/C(C)=N/Nc3cccc(C)c3)ccc2c1. The molecule has 23 heavy (non-hydrogen) atoms. The van der Waals surface area contributed by atoms with Crippen LogP contribution in [-0.4, -0.2) is 12.8 Å². The zero-order valence-corrected chi connectivity index (χ0v) is 13.6. The highest BCUT2D eigenvalue weighted by Gasteiger charge is 2.02. The van der Waals surface area contributed by atoms with Gasteiger partial charge in [-0.1, -0.05) is 30.3 Å². The number of benzene rings is 3. The Balaban J connectivity index is 1.85. The van der Waals surface area contributed by atoms with Crippen molar-refractivity contribution in [2.45, 2.75) is 13.8 Å². The Morgan fingerprint density at radius 3 is 2.52 bits per heavy atom. The highest BCUT2D eigenvalue weighted by atomic mass is 16.5. The van der Waals surface area contributed by atoms with Gasteiger partial charge < -0.3 is 4.74 Å². The smallest absolute Gasteiger partial charge is 0.119 e. The predicted molar refractivity (Wildman–Crippen MR) is 97.5 cm³/mol. The van der Waals surface area contributed by atoms with Gasteiger partial charge in [-0.25, -0.2) is 0 Å². The van der Waals surface area contributed by atoms with Crippen molar-refractivity contribution in [1.82, 2.24) is 0 Å². The van der Waals surface area contributed by atoms with Crippen molar-refractivity contribution >= 4 is 22.2 Å². The van der Waals surface area contributed by atoms with Gasteiger partial charge in [-0.3, -0.25) is 5.43 Å². The van der Waals surface area contributed by atoms with Crippen molar-refractivity contribution in [2.75, 3.05) is 12.5 Å². The van der Waals surface area contributed by atoms with Crippen molar-refractivity contribution in [3.05, 3.63) is 71.8 Å². The fourth-order valence-electron chi connectivity index (χ4n) is 2.50. The van der Waals surface area contributed by atoms with Gasteiger partial charge in [-0.15, -0.1) is 0 Å². The van der Waals surface area contributed by atoms with Crippen LogP contribution in [0.3, 0.4) is 0 Å². The number of ether oxygens (including phenoxy) is 1.